The fourth-order valence-electron chi connectivity index (χ4n) is 3.52. The molecule has 13 heteroatoms. The van der Waals surface area contributed by atoms with E-state index in [2.05, 4.69) is 20.3 Å². The lowest BCUT2D eigenvalue weighted by Gasteiger charge is -2.24. The molecule has 4 aromatic rings. The van der Waals surface area contributed by atoms with Crippen molar-refractivity contribution < 1.29 is 30.8 Å². The highest BCUT2D eigenvalue weighted by atomic mass is 32.2. The van der Waals surface area contributed by atoms with Gasteiger partial charge in [0.05, 0.1) is 30.0 Å². The number of furan rings is 1. The SMILES string of the molecule is CC(C)N(CC(=O)NCc1cc(-c2ccc(C(F)(F)F)cc2)ncn1)S(=O)(=O)c1cc2cnccc2o1. The number of pyridine rings is 1. The van der Waals surface area contributed by atoms with E-state index in [4.69, 9.17) is 4.42 Å². The van der Waals surface area contributed by atoms with Crippen molar-refractivity contribution in [1.29, 1.82) is 0 Å². The molecule has 0 bridgehead atoms. The number of amides is 1. The molecule has 0 aliphatic rings. The smallest absolute Gasteiger partial charge is 0.416 e. The number of halogens is 3. The Morgan fingerprint density at radius 2 is 1.84 bits per heavy atom. The highest BCUT2D eigenvalue weighted by Crippen LogP contribution is 2.30. The van der Waals surface area contributed by atoms with E-state index in [0.717, 1.165) is 16.4 Å². The molecule has 1 amide bonds. The molecule has 0 unspecified atom stereocenters. The summed E-state index contributed by atoms with van der Waals surface area (Å²) >= 11 is 0. The Morgan fingerprint density at radius 3 is 2.49 bits per heavy atom. The van der Waals surface area contributed by atoms with Gasteiger partial charge < -0.3 is 9.73 Å². The number of carbonyl (C=O) groups is 1. The topological polar surface area (TPSA) is 118 Å². The molecule has 0 saturated carbocycles. The predicted octanol–water partition coefficient (Wildman–Crippen LogP) is 4.02. The number of carbonyl (C=O) groups excluding carboxylic acids is 1. The van der Waals surface area contributed by atoms with Crippen LogP contribution in [-0.2, 0) is 27.5 Å². The molecule has 194 valence electrons. The number of sulfonamides is 1. The summed E-state index contributed by atoms with van der Waals surface area (Å²) < 4.78 is 71.3. The Morgan fingerprint density at radius 1 is 1.11 bits per heavy atom. The van der Waals surface area contributed by atoms with Gasteiger partial charge in [-0.1, -0.05) is 12.1 Å². The van der Waals surface area contributed by atoms with Crippen molar-refractivity contribution in [2.24, 2.45) is 0 Å². The van der Waals surface area contributed by atoms with Crippen LogP contribution in [0.2, 0.25) is 0 Å². The van der Waals surface area contributed by atoms with E-state index in [1.54, 1.807) is 19.9 Å². The number of benzene rings is 1. The number of rotatable bonds is 8. The molecular formula is C24H22F3N5O4S. The minimum atomic E-state index is -4.45. The number of fused-ring (bicyclic) bond motifs is 1. The first-order chi connectivity index (χ1) is 17.4. The third-order valence-corrected chi connectivity index (χ3v) is 7.31. The molecule has 0 atom stereocenters. The minimum absolute atomic E-state index is 0.0444. The Labute approximate surface area is 210 Å². The second-order valence-electron chi connectivity index (χ2n) is 8.37. The van der Waals surface area contributed by atoms with Gasteiger partial charge >= 0.3 is 6.18 Å². The van der Waals surface area contributed by atoms with Gasteiger partial charge in [0.25, 0.3) is 10.0 Å². The van der Waals surface area contributed by atoms with Crippen LogP contribution >= 0.6 is 0 Å². The van der Waals surface area contributed by atoms with Gasteiger partial charge in [-0.2, -0.15) is 17.5 Å². The minimum Gasteiger partial charge on any atom is -0.443 e. The van der Waals surface area contributed by atoms with Gasteiger partial charge in [-0.25, -0.2) is 18.4 Å². The first kappa shape index (κ1) is 26.2. The van der Waals surface area contributed by atoms with E-state index < -0.39 is 40.3 Å². The molecule has 3 heterocycles. The maximum absolute atomic E-state index is 13.2. The average Bonchev–Trinajstić information content (AvgIpc) is 3.31. The summed E-state index contributed by atoms with van der Waals surface area (Å²) in [7, 11) is -4.12. The summed E-state index contributed by atoms with van der Waals surface area (Å²) in [6.07, 6.45) is -0.259. The zero-order chi connectivity index (χ0) is 26.8. The van der Waals surface area contributed by atoms with Gasteiger partial charge in [0.15, 0.2) is 0 Å². The monoisotopic (exact) mass is 533 g/mol. The van der Waals surface area contributed by atoms with Crippen LogP contribution < -0.4 is 5.32 Å². The Bertz CT molecular complexity index is 1490. The van der Waals surface area contributed by atoms with Gasteiger partial charge in [-0.05, 0) is 38.1 Å². The Kier molecular flexibility index (Phi) is 7.28. The van der Waals surface area contributed by atoms with Crippen LogP contribution in [0.25, 0.3) is 22.2 Å². The van der Waals surface area contributed by atoms with Crippen LogP contribution in [-0.4, -0.2) is 46.2 Å². The lowest BCUT2D eigenvalue weighted by molar-refractivity contribution is -0.137. The van der Waals surface area contributed by atoms with Crippen LogP contribution in [0, 0.1) is 0 Å². The van der Waals surface area contributed by atoms with Crippen LogP contribution in [0.1, 0.15) is 25.1 Å². The van der Waals surface area contributed by atoms with Gasteiger partial charge in [0.1, 0.15) is 11.9 Å². The summed E-state index contributed by atoms with van der Waals surface area (Å²) in [4.78, 5) is 24.7. The molecule has 0 aliphatic carbocycles. The van der Waals surface area contributed by atoms with E-state index in [0.29, 0.717) is 27.9 Å². The summed E-state index contributed by atoms with van der Waals surface area (Å²) in [5, 5.41) is 2.84. The van der Waals surface area contributed by atoms with Crippen molar-refractivity contribution >= 4 is 26.9 Å². The number of hydrogen-bond donors (Lipinski definition) is 1. The number of nitrogens with zero attached hydrogens (tertiary/aromatic N) is 4. The molecular weight excluding hydrogens is 511 g/mol. The van der Waals surface area contributed by atoms with Crippen molar-refractivity contribution in [2.75, 3.05) is 6.54 Å². The average molecular weight is 534 g/mol. The van der Waals surface area contributed by atoms with Gasteiger partial charge in [0.2, 0.25) is 11.0 Å². The van der Waals surface area contributed by atoms with Crippen molar-refractivity contribution in [3.63, 3.8) is 0 Å². The quantitative estimate of drug-likeness (QED) is 0.363. The molecule has 4 rings (SSSR count). The Hall–Kier alpha value is -3.84. The molecule has 1 aromatic carbocycles. The number of hydrogen-bond acceptors (Lipinski definition) is 7. The number of nitrogens with one attached hydrogen (secondary N) is 1. The van der Waals surface area contributed by atoms with Crippen molar-refractivity contribution in [3.05, 3.63) is 72.4 Å². The first-order valence-corrected chi connectivity index (χ1v) is 12.5. The van der Waals surface area contributed by atoms with E-state index in [-0.39, 0.29) is 11.6 Å². The third-order valence-electron chi connectivity index (χ3n) is 5.43. The van der Waals surface area contributed by atoms with Gasteiger partial charge in [0, 0.05) is 35.5 Å². The van der Waals surface area contributed by atoms with E-state index >= 15 is 0 Å². The van der Waals surface area contributed by atoms with E-state index in [1.807, 2.05) is 0 Å². The van der Waals surface area contributed by atoms with Crippen LogP contribution in [0.15, 0.2) is 70.7 Å². The van der Waals surface area contributed by atoms with Crippen molar-refractivity contribution in [2.45, 2.75) is 37.7 Å². The van der Waals surface area contributed by atoms with Crippen molar-refractivity contribution in [3.8, 4) is 11.3 Å². The predicted molar refractivity (Wildman–Crippen MR) is 127 cm³/mol. The highest BCUT2D eigenvalue weighted by molar-refractivity contribution is 7.89. The molecule has 0 aliphatic heterocycles. The maximum atomic E-state index is 13.2. The van der Waals surface area contributed by atoms with Gasteiger partial charge in [-0.3, -0.25) is 9.78 Å². The van der Waals surface area contributed by atoms with E-state index in [1.165, 1.54) is 43.0 Å². The van der Waals surface area contributed by atoms with Crippen molar-refractivity contribution in [1.82, 2.24) is 24.6 Å². The molecule has 0 spiro atoms. The maximum Gasteiger partial charge on any atom is 0.416 e. The standard InChI is InChI=1S/C24H22F3N5O4S/c1-15(2)32(37(34,35)23-9-17-11-28-8-7-21(17)36-23)13-22(33)29-12-19-10-20(31-14-30-19)16-3-5-18(6-4-16)24(25,26)27/h3-11,14-15H,12-13H2,1-2H3,(H,29,33). The summed E-state index contributed by atoms with van der Waals surface area (Å²) in [5.74, 6) is -0.579. The largest absolute Gasteiger partial charge is 0.443 e. The van der Waals surface area contributed by atoms with Gasteiger partial charge in [-0.15, -0.1) is 0 Å². The molecule has 3 aromatic heterocycles. The Balaban J connectivity index is 1.44. The molecule has 0 radical (unpaired) electrons. The molecule has 0 saturated heterocycles. The zero-order valence-corrected chi connectivity index (χ0v) is 20.5. The number of alkyl halides is 3. The van der Waals surface area contributed by atoms with E-state index in [9.17, 15) is 26.4 Å². The molecule has 1 N–H and O–H groups in total. The number of aromatic nitrogens is 3. The normalized spacial score (nSPS) is 12.4. The van der Waals surface area contributed by atoms with Crippen LogP contribution in [0.5, 0.6) is 0 Å². The third kappa shape index (κ3) is 5.94. The molecule has 37 heavy (non-hydrogen) atoms. The molecule has 0 fully saturated rings. The summed E-state index contributed by atoms with van der Waals surface area (Å²) in [5.41, 5.74) is 0.790. The van der Waals surface area contributed by atoms with Crippen LogP contribution in [0.3, 0.4) is 0 Å². The summed E-state index contributed by atoms with van der Waals surface area (Å²) in [6, 6.07) is 8.39. The highest BCUT2D eigenvalue weighted by Gasteiger charge is 2.32. The molecule has 9 nitrogen and oxygen atoms in total. The first-order valence-electron chi connectivity index (χ1n) is 11.1. The summed E-state index contributed by atoms with van der Waals surface area (Å²) in [6.45, 7) is 2.76. The second-order valence-corrected chi connectivity index (χ2v) is 10.2. The lowest BCUT2D eigenvalue weighted by atomic mass is 10.1. The fraction of sp³-hybridized carbons (Fsp3) is 0.250. The van der Waals surface area contributed by atoms with Crippen LogP contribution in [0.4, 0.5) is 13.2 Å². The zero-order valence-electron chi connectivity index (χ0n) is 19.7. The second kappa shape index (κ2) is 10.3. The fourth-order valence-corrected chi connectivity index (χ4v) is 5.06. The lowest BCUT2D eigenvalue weighted by Crippen LogP contribution is -2.44.